The van der Waals surface area contributed by atoms with Gasteiger partial charge in [0.1, 0.15) is 17.3 Å². The maximum absolute atomic E-state index is 11.0. The van der Waals surface area contributed by atoms with Gasteiger partial charge >= 0.3 is 5.97 Å². The highest BCUT2D eigenvalue weighted by Crippen LogP contribution is 2.32. The molecule has 0 amide bonds. The van der Waals surface area contributed by atoms with E-state index in [-0.39, 0.29) is 5.69 Å². The third-order valence-corrected chi connectivity index (χ3v) is 2.75. The lowest BCUT2D eigenvalue weighted by Crippen LogP contribution is -1.98. The number of carboxylic acids is 1. The summed E-state index contributed by atoms with van der Waals surface area (Å²) >= 11 is 0. The molecule has 6 nitrogen and oxygen atoms in total. The quantitative estimate of drug-likeness (QED) is 0.881. The number of carboxylic acid groups (broad SMARTS) is 1. The minimum absolute atomic E-state index is 0.00729. The fourth-order valence-electron chi connectivity index (χ4n) is 1.79. The lowest BCUT2D eigenvalue weighted by Gasteiger charge is -2.08. The summed E-state index contributed by atoms with van der Waals surface area (Å²) in [5.74, 6) is 0.606. The number of benzene rings is 1. The molecule has 0 saturated heterocycles. The standard InChI is InChI=1S/C13H14N2O4/c1-7-11(13(16)17)15-12(14-7)9-5-4-8(18-2)6-10(9)19-3/h4-6H,1-3H3,(H,14,15)(H,16,17). The van der Waals surface area contributed by atoms with E-state index in [1.807, 2.05) is 0 Å². The molecule has 0 bridgehead atoms. The molecule has 0 aliphatic carbocycles. The van der Waals surface area contributed by atoms with Crippen LogP contribution in [0.1, 0.15) is 16.2 Å². The van der Waals surface area contributed by atoms with E-state index in [0.717, 1.165) is 0 Å². The average molecular weight is 262 g/mol. The number of carbonyl (C=O) groups is 1. The number of aryl methyl sites for hydroxylation is 1. The van der Waals surface area contributed by atoms with E-state index in [2.05, 4.69) is 9.97 Å². The fourth-order valence-corrected chi connectivity index (χ4v) is 1.79. The number of ether oxygens (including phenoxy) is 2. The second-order valence-corrected chi connectivity index (χ2v) is 3.93. The van der Waals surface area contributed by atoms with Crippen LogP contribution in [-0.2, 0) is 0 Å². The van der Waals surface area contributed by atoms with E-state index >= 15 is 0 Å². The molecule has 1 aromatic carbocycles. The van der Waals surface area contributed by atoms with Crippen molar-refractivity contribution >= 4 is 5.97 Å². The zero-order valence-corrected chi connectivity index (χ0v) is 10.9. The van der Waals surface area contributed by atoms with Gasteiger partial charge in [0, 0.05) is 11.8 Å². The Labute approximate surface area is 110 Å². The van der Waals surface area contributed by atoms with Gasteiger partial charge in [0.2, 0.25) is 0 Å². The summed E-state index contributed by atoms with van der Waals surface area (Å²) < 4.78 is 10.4. The van der Waals surface area contributed by atoms with Crippen LogP contribution in [0.25, 0.3) is 11.4 Å². The number of nitrogens with zero attached hydrogens (tertiary/aromatic N) is 1. The number of hydrogen-bond acceptors (Lipinski definition) is 4. The molecule has 100 valence electrons. The van der Waals surface area contributed by atoms with E-state index in [1.54, 1.807) is 32.2 Å². The smallest absolute Gasteiger partial charge is 0.356 e. The number of methoxy groups -OCH3 is 2. The summed E-state index contributed by atoms with van der Waals surface area (Å²) in [5.41, 5.74) is 1.19. The monoisotopic (exact) mass is 262 g/mol. The third kappa shape index (κ3) is 2.37. The number of H-pyrrole nitrogens is 1. The molecule has 0 spiro atoms. The number of nitrogens with one attached hydrogen (secondary N) is 1. The highest BCUT2D eigenvalue weighted by Gasteiger charge is 2.17. The fraction of sp³-hybridized carbons (Fsp3) is 0.231. The largest absolute Gasteiger partial charge is 0.497 e. The first-order valence-corrected chi connectivity index (χ1v) is 5.59. The Hall–Kier alpha value is -2.50. The topological polar surface area (TPSA) is 84.4 Å². The van der Waals surface area contributed by atoms with E-state index in [1.165, 1.54) is 7.11 Å². The normalized spacial score (nSPS) is 10.3. The van der Waals surface area contributed by atoms with Gasteiger partial charge in [-0.1, -0.05) is 0 Å². The van der Waals surface area contributed by atoms with Crippen LogP contribution in [0.15, 0.2) is 18.2 Å². The van der Waals surface area contributed by atoms with Crippen molar-refractivity contribution < 1.29 is 19.4 Å². The SMILES string of the molecule is COc1ccc(-c2nc(C(=O)O)c(C)[nH]2)c(OC)c1. The van der Waals surface area contributed by atoms with Gasteiger partial charge < -0.3 is 19.6 Å². The molecule has 0 aliphatic rings. The van der Waals surface area contributed by atoms with Crippen LogP contribution in [0.3, 0.4) is 0 Å². The summed E-state index contributed by atoms with van der Waals surface area (Å²) in [6, 6.07) is 5.24. The molecule has 0 saturated carbocycles. The van der Waals surface area contributed by atoms with Crippen molar-refractivity contribution in [3.8, 4) is 22.9 Å². The molecule has 6 heteroatoms. The van der Waals surface area contributed by atoms with Crippen molar-refractivity contribution in [1.29, 1.82) is 0 Å². The van der Waals surface area contributed by atoms with Gasteiger partial charge in [-0.15, -0.1) is 0 Å². The van der Waals surface area contributed by atoms with Crippen LogP contribution in [0.4, 0.5) is 0 Å². The lowest BCUT2D eigenvalue weighted by molar-refractivity contribution is 0.0690. The first-order chi connectivity index (χ1) is 9.06. The minimum Gasteiger partial charge on any atom is -0.497 e. The number of imidazole rings is 1. The molecule has 2 rings (SSSR count). The van der Waals surface area contributed by atoms with E-state index in [4.69, 9.17) is 14.6 Å². The number of rotatable bonds is 4. The highest BCUT2D eigenvalue weighted by molar-refractivity contribution is 5.87. The van der Waals surface area contributed by atoms with Crippen LogP contribution in [-0.4, -0.2) is 35.3 Å². The predicted molar refractivity (Wildman–Crippen MR) is 68.8 cm³/mol. The number of aromatic nitrogens is 2. The maximum atomic E-state index is 11.0. The second-order valence-electron chi connectivity index (χ2n) is 3.93. The van der Waals surface area contributed by atoms with E-state index < -0.39 is 5.97 Å². The van der Waals surface area contributed by atoms with Crippen LogP contribution >= 0.6 is 0 Å². The zero-order chi connectivity index (χ0) is 14.0. The molecule has 2 N–H and O–H groups in total. The van der Waals surface area contributed by atoms with Crippen molar-refractivity contribution in [1.82, 2.24) is 9.97 Å². The van der Waals surface area contributed by atoms with Crippen LogP contribution < -0.4 is 9.47 Å². The van der Waals surface area contributed by atoms with Gasteiger partial charge in [0.25, 0.3) is 0 Å². The molecule has 0 atom stereocenters. The van der Waals surface area contributed by atoms with Gasteiger partial charge in [0.15, 0.2) is 5.69 Å². The van der Waals surface area contributed by atoms with Crippen LogP contribution in [0, 0.1) is 6.92 Å². The molecule has 1 aromatic heterocycles. The predicted octanol–water partition coefficient (Wildman–Crippen LogP) is 2.10. The Morgan fingerprint density at radius 1 is 1.32 bits per heavy atom. The highest BCUT2D eigenvalue weighted by atomic mass is 16.5. The zero-order valence-electron chi connectivity index (χ0n) is 10.9. The Morgan fingerprint density at radius 3 is 2.58 bits per heavy atom. The molecule has 19 heavy (non-hydrogen) atoms. The van der Waals surface area contributed by atoms with Crippen LogP contribution in [0.2, 0.25) is 0 Å². The van der Waals surface area contributed by atoms with Gasteiger partial charge in [-0.05, 0) is 19.1 Å². The Kier molecular flexibility index (Phi) is 3.41. The molecule has 0 unspecified atom stereocenters. The second kappa shape index (κ2) is 5.01. The van der Waals surface area contributed by atoms with Gasteiger partial charge in [-0.3, -0.25) is 0 Å². The third-order valence-electron chi connectivity index (χ3n) is 2.75. The summed E-state index contributed by atoms with van der Waals surface area (Å²) in [6.07, 6.45) is 0. The van der Waals surface area contributed by atoms with Crippen molar-refractivity contribution in [2.75, 3.05) is 14.2 Å². The molecule has 0 radical (unpaired) electrons. The lowest BCUT2D eigenvalue weighted by atomic mass is 10.2. The van der Waals surface area contributed by atoms with E-state index in [0.29, 0.717) is 28.6 Å². The molecule has 2 aromatic rings. The van der Waals surface area contributed by atoms with Gasteiger partial charge in [0.05, 0.1) is 19.8 Å². The van der Waals surface area contributed by atoms with Crippen molar-refractivity contribution in [2.45, 2.75) is 6.92 Å². The molecule has 1 heterocycles. The summed E-state index contributed by atoms with van der Waals surface area (Å²) in [6.45, 7) is 1.66. The first-order valence-electron chi connectivity index (χ1n) is 5.59. The Balaban J connectivity index is 2.52. The summed E-state index contributed by atoms with van der Waals surface area (Å²) in [5, 5.41) is 9.00. The number of aromatic amines is 1. The number of aromatic carboxylic acids is 1. The van der Waals surface area contributed by atoms with E-state index in [9.17, 15) is 4.79 Å². The van der Waals surface area contributed by atoms with Crippen molar-refractivity contribution in [2.24, 2.45) is 0 Å². The average Bonchev–Trinajstić information content (AvgIpc) is 2.80. The molecular weight excluding hydrogens is 248 g/mol. The summed E-state index contributed by atoms with van der Waals surface area (Å²) in [7, 11) is 3.10. The summed E-state index contributed by atoms with van der Waals surface area (Å²) in [4.78, 5) is 18.0. The first kappa shape index (κ1) is 12.9. The van der Waals surface area contributed by atoms with Gasteiger partial charge in [-0.2, -0.15) is 0 Å². The maximum Gasteiger partial charge on any atom is 0.356 e. The number of hydrogen-bond donors (Lipinski definition) is 2. The molecule has 0 fully saturated rings. The minimum atomic E-state index is -1.06. The molecule has 0 aliphatic heterocycles. The van der Waals surface area contributed by atoms with Crippen molar-refractivity contribution in [3.63, 3.8) is 0 Å². The Bertz CT molecular complexity index is 619. The van der Waals surface area contributed by atoms with Crippen LogP contribution in [0.5, 0.6) is 11.5 Å². The molecular formula is C13H14N2O4. The Morgan fingerprint density at radius 2 is 2.05 bits per heavy atom. The van der Waals surface area contributed by atoms with Gasteiger partial charge in [-0.25, -0.2) is 9.78 Å². The van der Waals surface area contributed by atoms with Crippen molar-refractivity contribution in [3.05, 3.63) is 29.6 Å².